The van der Waals surface area contributed by atoms with Gasteiger partial charge in [-0.3, -0.25) is 24.0 Å². The van der Waals surface area contributed by atoms with Crippen LogP contribution in [0.2, 0.25) is 0 Å². The van der Waals surface area contributed by atoms with Crippen LogP contribution in [-0.2, 0) is 28.8 Å². The lowest BCUT2D eigenvalue weighted by molar-refractivity contribution is -0.143. The average molecular weight is 507 g/mol. The van der Waals surface area contributed by atoms with Crippen molar-refractivity contribution in [3.63, 3.8) is 0 Å². The highest BCUT2D eigenvalue weighted by Crippen LogP contribution is 2.09. The second-order valence-corrected chi connectivity index (χ2v) is 9.06. The summed E-state index contributed by atoms with van der Waals surface area (Å²) in [6.07, 6.45) is 0.556. The molecule has 3 amide bonds. The number of rotatable bonds is 17. The predicted molar refractivity (Wildman–Crippen MR) is 123 cm³/mol. The van der Waals surface area contributed by atoms with E-state index in [9.17, 15) is 33.9 Å². The number of carboxylic acids is 3. The Bertz CT molecular complexity index is 748. The van der Waals surface area contributed by atoms with E-state index in [0.717, 1.165) is 0 Å². The molecule has 0 aromatic carbocycles. The maximum atomic E-state index is 12.9. The summed E-state index contributed by atoms with van der Waals surface area (Å²) in [5.41, 5.74) is 5.54. The lowest BCUT2D eigenvalue weighted by Gasteiger charge is -2.25. The zero-order chi connectivity index (χ0) is 26.4. The molecule has 0 aromatic heterocycles. The summed E-state index contributed by atoms with van der Waals surface area (Å²) in [6.45, 7) is 3.53. The lowest BCUT2D eigenvalue weighted by atomic mass is 10.0. The van der Waals surface area contributed by atoms with Crippen molar-refractivity contribution in [2.45, 2.75) is 70.1 Å². The van der Waals surface area contributed by atoms with E-state index >= 15 is 0 Å². The Hall–Kier alpha value is -2.87. The summed E-state index contributed by atoms with van der Waals surface area (Å²) in [5.74, 6) is -6.01. The van der Waals surface area contributed by atoms with Crippen molar-refractivity contribution in [3.05, 3.63) is 0 Å². The first-order chi connectivity index (χ1) is 15.8. The highest BCUT2D eigenvalue weighted by Gasteiger charge is 2.31. The first-order valence-electron chi connectivity index (χ1n) is 10.6. The van der Waals surface area contributed by atoms with E-state index in [0.29, 0.717) is 5.75 Å². The van der Waals surface area contributed by atoms with Crippen molar-refractivity contribution < 1.29 is 44.1 Å². The number of hydrogen-bond acceptors (Lipinski definition) is 8. The molecule has 0 aliphatic rings. The Morgan fingerprint density at radius 2 is 1.32 bits per heavy atom. The van der Waals surface area contributed by atoms with Crippen molar-refractivity contribution in [1.82, 2.24) is 16.0 Å². The second-order valence-electron chi connectivity index (χ2n) is 8.07. The van der Waals surface area contributed by atoms with Gasteiger partial charge in [-0.15, -0.1) is 0 Å². The van der Waals surface area contributed by atoms with E-state index in [-0.39, 0.29) is 25.2 Å². The topological polar surface area (TPSA) is 225 Å². The summed E-state index contributed by atoms with van der Waals surface area (Å²) in [6, 6.07) is -5.19. The molecule has 0 radical (unpaired) electrons. The molecule has 194 valence electrons. The van der Waals surface area contributed by atoms with Crippen LogP contribution in [0, 0.1) is 5.92 Å². The molecule has 0 rings (SSSR count). The van der Waals surface area contributed by atoms with Gasteiger partial charge >= 0.3 is 17.9 Å². The minimum absolute atomic E-state index is 0.0963. The Balaban J connectivity index is 5.55. The van der Waals surface area contributed by atoms with Crippen molar-refractivity contribution in [1.29, 1.82) is 0 Å². The average Bonchev–Trinajstić information content (AvgIpc) is 2.71. The number of aliphatic carboxylic acids is 3. The number of carbonyl (C=O) groups is 6. The van der Waals surface area contributed by atoms with E-state index in [2.05, 4.69) is 16.0 Å². The maximum absolute atomic E-state index is 12.9. The van der Waals surface area contributed by atoms with Crippen LogP contribution in [0.3, 0.4) is 0 Å². The van der Waals surface area contributed by atoms with Crippen LogP contribution in [-0.4, -0.2) is 87.1 Å². The van der Waals surface area contributed by atoms with Crippen LogP contribution in [0.25, 0.3) is 0 Å². The SMILES string of the molecule is CSCCC(NC(=O)C(CCC(=O)O)NC(=O)C(CC(C)C)NC(=O)C(N)CC(=O)O)C(=O)O. The first kappa shape index (κ1) is 31.1. The van der Waals surface area contributed by atoms with Crippen LogP contribution in [0.15, 0.2) is 0 Å². The molecule has 0 aliphatic carbocycles. The van der Waals surface area contributed by atoms with E-state index < -0.39 is 72.6 Å². The molecule has 8 N–H and O–H groups in total. The Morgan fingerprint density at radius 3 is 1.79 bits per heavy atom. The maximum Gasteiger partial charge on any atom is 0.326 e. The fourth-order valence-electron chi connectivity index (χ4n) is 2.84. The molecule has 0 saturated heterocycles. The van der Waals surface area contributed by atoms with Gasteiger partial charge in [0.2, 0.25) is 17.7 Å². The highest BCUT2D eigenvalue weighted by molar-refractivity contribution is 7.98. The minimum atomic E-state index is -1.40. The quantitative estimate of drug-likeness (QED) is 0.126. The van der Waals surface area contributed by atoms with Gasteiger partial charge in [-0.1, -0.05) is 13.8 Å². The third kappa shape index (κ3) is 13.0. The summed E-state index contributed by atoms with van der Waals surface area (Å²) >= 11 is 1.38. The molecule has 13 nitrogen and oxygen atoms in total. The molecule has 0 aromatic rings. The Kier molecular flexibility index (Phi) is 14.5. The third-order valence-electron chi connectivity index (χ3n) is 4.58. The molecular formula is C20H34N4O9S. The number of carbonyl (C=O) groups excluding carboxylic acids is 3. The van der Waals surface area contributed by atoms with E-state index in [1.165, 1.54) is 11.8 Å². The number of carboxylic acid groups (broad SMARTS) is 3. The fraction of sp³-hybridized carbons (Fsp3) is 0.700. The second kappa shape index (κ2) is 15.9. The van der Waals surface area contributed by atoms with Gasteiger partial charge < -0.3 is 37.0 Å². The first-order valence-corrected chi connectivity index (χ1v) is 12.0. The van der Waals surface area contributed by atoms with Gasteiger partial charge in [0.25, 0.3) is 0 Å². The van der Waals surface area contributed by atoms with Crippen LogP contribution in [0.4, 0.5) is 0 Å². The van der Waals surface area contributed by atoms with Gasteiger partial charge in [0.1, 0.15) is 18.1 Å². The number of nitrogens with one attached hydrogen (secondary N) is 3. The summed E-state index contributed by atoms with van der Waals surface area (Å²) in [5, 5.41) is 34.2. The van der Waals surface area contributed by atoms with Gasteiger partial charge in [-0.2, -0.15) is 11.8 Å². The van der Waals surface area contributed by atoms with Gasteiger partial charge in [-0.25, -0.2) is 4.79 Å². The van der Waals surface area contributed by atoms with Gasteiger partial charge in [0.05, 0.1) is 12.5 Å². The zero-order valence-electron chi connectivity index (χ0n) is 19.4. The minimum Gasteiger partial charge on any atom is -0.481 e. The number of thioether (sulfide) groups is 1. The van der Waals surface area contributed by atoms with Gasteiger partial charge in [0.15, 0.2) is 0 Å². The molecule has 0 aliphatic heterocycles. The predicted octanol–water partition coefficient (Wildman–Crippen LogP) is -1.01. The standard InChI is InChI=1S/C20H34N4O9S/c1-10(2)8-14(24-17(29)11(21)9-16(27)28)19(31)22-12(4-5-15(25)26)18(30)23-13(20(32)33)6-7-34-3/h10-14H,4-9,21H2,1-3H3,(H,22,31)(H,23,30)(H,24,29)(H,25,26)(H,27,28)(H,32,33). The molecule has 0 fully saturated rings. The number of hydrogen-bond donors (Lipinski definition) is 7. The van der Waals surface area contributed by atoms with E-state index in [1.807, 2.05) is 0 Å². The van der Waals surface area contributed by atoms with Gasteiger partial charge in [-0.05, 0) is 37.2 Å². The molecule has 14 heteroatoms. The fourth-order valence-corrected chi connectivity index (χ4v) is 3.31. The third-order valence-corrected chi connectivity index (χ3v) is 5.22. The smallest absolute Gasteiger partial charge is 0.326 e. The van der Waals surface area contributed by atoms with E-state index in [1.54, 1.807) is 20.1 Å². The summed E-state index contributed by atoms with van der Waals surface area (Å²) < 4.78 is 0. The lowest BCUT2D eigenvalue weighted by Crippen LogP contribution is -2.57. The van der Waals surface area contributed by atoms with Gasteiger partial charge in [0, 0.05) is 6.42 Å². The van der Waals surface area contributed by atoms with Crippen molar-refractivity contribution >= 4 is 47.4 Å². The van der Waals surface area contributed by atoms with Crippen LogP contribution in [0.1, 0.15) is 46.0 Å². The number of nitrogens with two attached hydrogens (primary N) is 1. The summed E-state index contributed by atoms with van der Waals surface area (Å²) in [4.78, 5) is 71.0. The molecule has 34 heavy (non-hydrogen) atoms. The normalized spacial score (nSPS) is 14.4. The molecule has 0 saturated carbocycles. The monoisotopic (exact) mass is 506 g/mol. The molecule has 0 heterocycles. The zero-order valence-corrected chi connectivity index (χ0v) is 20.2. The molecule has 0 spiro atoms. The summed E-state index contributed by atoms with van der Waals surface area (Å²) in [7, 11) is 0. The highest BCUT2D eigenvalue weighted by atomic mass is 32.2. The largest absolute Gasteiger partial charge is 0.481 e. The molecule has 4 unspecified atom stereocenters. The van der Waals surface area contributed by atoms with Crippen LogP contribution < -0.4 is 21.7 Å². The van der Waals surface area contributed by atoms with Crippen LogP contribution >= 0.6 is 11.8 Å². The van der Waals surface area contributed by atoms with E-state index in [4.69, 9.17) is 15.9 Å². The molecule has 4 atom stereocenters. The Labute approximate surface area is 201 Å². The van der Waals surface area contributed by atoms with Crippen molar-refractivity contribution in [2.75, 3.05) is 12.0 Å². The van der Waals surface area contributed by atoms with Crippen molar-refractivity contribution in [2.24, 2.45) is 11.7 Å². The van der Waals surface area contributed by atoms with Crippen molar-refractivity contribution in [3.8, 4) is 0 Å². The van der Waals surface area contributed by atoms with Crippen LogP contribution in [0.5, 0.6) is 0 Å². The molecular weight excluding hydrogens is 472 g/mol. The molecule has 0 bridgehead atoms. The number of amides is 3. The Morgan fingerprint density at radius 1 is 0.794 bits per heavy atom.